The molecular formula is C24H30N2O3. The van der Waals surface area contributed by atoms with Crippen molar-refractivity contribution in [1.29, 1.82) is 0 Å². The topological polar surface area (TPSA) is 75.3 Å². The molecule has 0 saturated carbocycles. The lowest BCUT2D eigenvalue weighted by Gasteiger charge is -2.24. The van der Waals surface area contributed by atoms with Crippen LogP contribution < -0.4 is 10.6 Å². The van der Waals surface area contributed by atoms with Crippen LogP contribution in [0.2, 0.25) is 0 Å². The maximum Gasteiger partial charge on any atom is 0.251 e. The zero-order chi connectivity index (χ0) is 21.6. The number of carbonyl (C=O) groups excluding carboxylic acids is 3. The molecule has 0 bridgehead atoms. The smallest absolute Gasteiger partial charge is 0.251 e. The summed E-state index contributed by atoms with van der Waals surface area (Å²) in [6, 6.07) is 12.3. The van der Waals surface area contributed by atoms with Gasteiger partial charge in [0.1, 0.15) is 0 Å². The van der Waals surface area contributed by atoms with E-state index in [9.17, 15) is 14.4 Å². The van der Waals surface area contributed by atoms with Crippen molar-refractivity contribution in [1.82, 2.24) is 5.32 Å². The SMILES string of the molecule is CCC(C)(C)NC(=O)c1ccc(NC(=O)CCC(=O)c2ccc(C)c(C)c2)cc1. The number of aryl methyl sites for hydroxylation is 2. The average molecular weight is 395 g/mol. The second-order valence-corrected chi connectivity index (χ2v) is 8.04. The molecular weight excluding hydrogens is 364 g/mol. The molecule has 0 heterocycles. The highest BCUT2D eigenvalue weighted by Gasteiger charge is 2.18. The van der Waals surface area contributed by atoms with Crippen molar-refractivity contribution >= 4 is 23.3 Å². The van der Waals surface area contributed by atoms with E-state index in [0.717, 1.165) is 17.5 Å². The summed E-state index contributed by atoms with van der Waals surface area (Å²) in [6.07, 6.45) is 1.09. The van der Waals surface area contributed by atoms with Gasteiger partial charge in [-0.05, 0) is 75.6 Å². The van der Waals surface area contributed by atoms with E-state index in [-0.39, 0.29) is 36.0 Å². The molecule has 0 fully saturated rings. The molecule has 0 aliphatic carbocycles. The van der Waals surface area contributed by atoms with E-state index in [1.807, 2.05) is 46.8 Å². The molecule has 0 spiro atoms. The third-order valence-electron chi connectivity index (χ3n) is 5.17. The van der Waals surface area contributed by atoms with Crippen LogP contribution >= 0.6 is 0 Å². The highest BCUT2D eigenvalue weighted by Crippen LogP contribution is 2.15. The molecule has 0 radical (unpaired) electrons. The summed E-state index contributed by atoms with van der Waals surface area (Å²) in [5, 5.41) is 5.75. The molecule has 0 saturated heterocycles. The van der Waals surface area contributed by atoms with E-state index in [1.54, 1.807) is 30.3 Å². The summed E-state index contributed by atoms with van der Waals surface area (Å²) in [4.78, 5) is 36.7. The minimum absolute atomic E-state index is 0.0474. The van der Waals surface area contributed by atoms with Gasteiger partial charge in [0.05, 0.1) is 0 Å². The predicted molar refractivity (Wildman–Crippen MR) is 116 cm³/mol. The lowest BCUT2D eigenvalue weighted by molar-refractivity contribution is -0.116. The number of benzene rings is 2. The molecule has 0 aliphatic rings. The van der Waals surface area contributed by atoms with Gasteiger partial charge in [0, 0.05) is 35.2 Å². The molecule has 2 N–H and O–H groups in total. The van der Waals surface area contributed by atoms with Crippen LogP contribution in [0.5, 0.6) is 0 Å². The van der Waals surface area contributed by atoms with E-state index < -0.39 is 0 Å². The number of Topliss-reactive ketones (excluding diaryl/α,β-unsaturated/α-hetero) is 1. The Morgan fingerprint density at radius 2 is 1.48 bits per heavy atom. The van der Waals surface area contributed by atoms with Crippen molar-refractivity contribution in [3.63, 3.8) is 0 Å². The van der Waals surface area contributed by atoms with Crippen LogP contribution in [0.15, 0.2) is 42.5 Å². The van der Waals surface area contributed by atoms with E-state index in [0.29, 0.717) is 16.8 Å². The molecule has 0 aromatic heterocycles. The minimum atomic E-state index is -0.271. The number of amides is 2. The maximum absolute atomic E-state index is 12.3. The first-order chi connectivity index (χ1) is 13.6. The second kappa shape index (κ2) is 9.50. The Hall–Kier alpha value is -2.95. The highest BCUT2D eigenvalue weighted by molar-refractivity contribution is 6.00. The van der Waals surface area contributed by atoms with Gasteiger partial charge in [-0.3, -0.25) is 14.4 Å². The summed E-state index contributed by atoms with van der Waals surface area (Å²) < 4.78 is 0. The first-order valence-electron chi connectivity index (χ1n) is 9.94. The molecule has 5 heteroatoms. The van der Waals surface area contributed by atoms with Crippen molar-refractivity contribution in [2.24, 2.45) is 0 Å². The number of nitrogens with one attached hydrogen (secondary N) is 2. The predicted octanol–water partition coefficient (Wildman–Crippen LogP) is 4.82. The molecule has 0 atom stereocenters. The zero-order valence-electron chi connectivity index (χ0n) is 17.9. The highest BCUT2D eigenvalue weighted by atomic mass is 16.2. The Labute approximate surface area is 172 Å². The van der Waals surface area contributed by atoms with E-state index >= 15 is 0 Å². The van der Waals surface area contributed by atoms with Crippen molar-refractivity contribution < 1.29 is 14.4 Å². The largest absolute Gasteiger partial charge is 0.347 e. The first kappa shape index (κ1) is 22.3. The Bertz CT molecular complexity index is 899. The van der Waals surface area contributed by atoms with Crippen LogP contribution in [0.4, 0.5) is 5.69 Å². The van der Waals surface area contributed by atoms with Gasteiger partial charge >= 0.3 is 0 Å². The summed E-state index contributed by atoms with van der Waals surface area (Å²) >= 11 is 0. The Kier molecular flexibility index (Phi) is 7.32. The van der Waals surface area contributed by atoms with Gasteiger partial charge in [-0.1, -0.05) is 19.1 Å². The number of ketones is 1. The van der Waals surface area contributed by atoms with Gasteiger partial charge in [-0.25, -0.2) is 0 Å². The second-order valence-electron chi connectivity index (χ2n) is 8.04. The van der Waals surface area contributed by atoms with Crippen LogP contribution in [0.25, 0.3) is 0 Å². The van der Waals surface area contributed by atoms with Crippen molar-refractivity contribution in [3.8, 4) is 0 Å². The molecule has 154 valence electrons. The zero-order valence-corrected chi connectivity index (χ0v) is 17.9. The van der Waals surface area contributed by atoms with Crippen LogP contribution in [-0.2, 0) is 4.79 Å². The number of hydrogen-bond donors (Lipinski definition) is 2. The number of carbonyl (C=O) groups is 3. The van der Waals surface area contributed by atoms with Gasteiger partial charge in [0.25, 0.3) is 5.91 Å². The summed E-state index contributed by atoms with van der Waals surface area (Å²) in [5.74, 6) is -0.422. The van der Waals surface area contributed by atoms with Gasteiger partial charge in [0.15, 0.2) is 5.78 Å². The molecule has 2 rings (SSSR count). The van der Waals surface area contributed by atoms with Crippen molar-refractivity contribution in [2.45, 2.75) is 59.4 Å². The molecule has 2 amide bonds. The molecule has 2 aromatic carbocycles. The molecule has 0 aliphatic heterocycles. The van der Waals surface area contributed by atoms with Crippen LogP contribution in [0.3, 0.4) is 0 Å². The van der Waals surface area contributed by atoms with Gasteiger partial charge in [-0.15, -0.1) is 0 Å². The fraction of sp³-hybridized carbons (Fsp3) is 0.375. The van der Waals surface area contributed by atoms with E-state index in [2.05, 4.69) is 10.6 Å². The number of anilines is 1. The fourth-order valence-electron chi connectivity index (χ4n) is 2.68. The lowest BCUT2D eigenvalue weighted by atomic mass is 10.0. The van der Waals surface area contributed by atoms with Gasteiger partial charge in [0.2, 0.25) is 5.91 Å². The molecule has 5 nitrogen and oxygen atoms in total. The standard InChI is InChI=1S/C24H30N2O3/c1-6-24(4,5)26-23(29)18-9-11-20(12-10-18)25-22(28)14-13-21(27)19-8-7-16(2)17(3)15-19/h7-12,15H,6,13-14H2,1-5H3,(H,25,28)(H,26,29). The Balaban J connectivity index is 1.88. The summed E-state index contributed by atoms with van der Waals surface area (Å²) in [7, 11) is 0. The first-order valence-corrected chi connectivity index (χ1v) is 9.94. The summed E-state index contributed by atoms with van der Waals surface area (Å²) in [5.41, 5.74) is 3.69. The lowest BCUT2D eigenvalue weighted by Crippen LogP contribution is -2.42. The minimum Gasteiger partial charge on any atom is -0.347 e. The van der Waals surface area contributed by atoms with Gasteiger partial charge < -0.3 is 10.6 Å². The van der Waals surface area contributed by atoms with Crippen molar-refractivity contribution in [2.75, 3.05) is 5.32 Å². The van der Waals surface area contributed by atoms with Crippen LogP contribution in [0, 0.1) is 13.8 Å². The molecule has 29 heavy (non-hydrogen) atoms. The molecule has 0 unspecified atom stereocenters. The quantitative estimate of drug-likeness (QED) is 0.630. The third-order valence-corrected chi connectivity index (χ3v) is 5.17. The average Bonchev–Trinajstić information content (AvgIpc) is 2.68. The Morgan fingerprint density at radius 1 is 0.862 bits per heavy atom. The maximum atomic E-state index is 12.3. The Morgan fingerprint density at radius 3 is 2.07 bits per heavy atom. The fourth-order valence-corrected chi connectivity index (χ4v) is 2.68. The van der Waals surface area contributed by atoms with E-state index in [4.69, 9.17) is 0 Å². The third kappa shape index (κ3) is 6.56. The van der Waals surface area contributed by atoms with E-state index in [1.165, 1.54) is 0 Å². The number of rotatable bonds is 8. The van der Waals surface area contributed by atoms with Crippen LogP contribution in [-0.4, -0.2) is 23.1 Å². The molecule has 2 aromatic rings. The van der Waals surface area contributed by atoms with Crippen molar-refractivity contribution in [3.05, 3.63) is 64.7 Å². The van der Waals surface area contributed by atoms with Crippen LogP contribution in [0.1, 0.15) is 71.9 Å². The monoisotopic (exact) mass is 394 g/mol. The normalized spacial score (nSPS) is 11.1. The number of hydrogen-bond acceptors (Lipinski definition) is 3. The summed E-state index contributed by atoms with van der Waals surface area (Å²) in [6.45, 7) is 9.92. The van der Waals surface area contributed by atoms with Gasteiger partial charge in [-0.2, -0.15) is 0 Å².